The van der Waals surface area contributed by atoms with Crippen molar-refractivity contribution in [3.8, 4) is 0 Å². The zero-order valence-corrected chi connectivity index (χ0v) is 11.2. The van der Waals surface area contributed by atoms with Gasteiger partial charge in [0, 0.05) is 22.3 Å². The second-order valence-electron chi connectivity index (χ2n) is 3.80. The van der Waals surface area contributed by atoms with E-state index >= 15 is 0 Å². The maximum Gasteiger partial charge on any atom is 0.0797 e. The van der Waals surface area contributed by atoms with Gasteiger partial charge in [0.05, 0.1) is 11.2 Å². The fourth-order valence-corrected chi connectivity index (χ4v) is 3.15. The molecule has 86 valence electrons. The highest BCUT2D eigenvalue weighted by Gasteiger charge is 2.06. The summed E-state index contributed by atoms with van der Waals surface area (Å²) < 4.78 is 0. The van der Waals surface area contributed by atoms with Crippen molar-refractivity contribution >= 4 is 22.7 Å². The molecule has 2 heterocycles. The molecular weight excluding hydrogens is 236 g/mol. The number of hydrogen-bond donors (Lipinski definition) is 1. The highest BCUT2D eigenvalue weighted by atomic mass is 32.1. The molecule has 0 saturated heterocycles. The third kappa shape index (κ3) is 2.90. The molecule has 1 N–H and O–H groups in total. The van der Waals surface area contributed by atoms with Gasteiger partial charge >= 0.3 is 0 Å². The zero-order valence-electron chi connectivity index (χ0n) is 9.56. The van der Waals surface area contributed by atoms with Gasteiger partial charge in [0.25, 0.3) is 0 Å². The second-order valence-corrected chi connectivity index (χ2v) is 5.72. The molecule has 0 saturated carbocycles. The molecule has 2 aromatic heterocycles. The molecule has 0 aromatic carbocycles. The lowest BCUT2D eigenvalue weighted by Gasteiger charge is -2.11. The maximum atomic E-state index is 4.26. The Labute approximate surface area is 104 Å². The lowest BCUT2D eigenvalue weighted by atomic mass is 10.2. The van der Waals surface area contributed by atoms with Crippen LogP contribution in [0.3, 0.4) is 0 Å². The van der Waals surface area contributed by atoms with Crippen LogP contribution in [0.4, 0.5) is 0 Å². The highest BCUT2D eigenvalue weighted by Crippen LogP contribution is 2.18. The van der Waals surface area contributed by atoms with Crippen LogP contribution in [0.5, 0.6) is 0 Å². The monoisotopic (exact) mass is 252 g/mol. The molecule has 4 heteroatoms. The largest absolute Gasteiger partial charge is 0.309 e. The quantitative estimate of drug-likeness (QED) is 0.882. The van der Waals surface area contributed by atoms with Crippen LogP contribution in [0.25, 0.3) is 0 Å². The first-order valence-electron chi connectivity index (χ1n) is 5.43. The predicted octanol–water partition coefficient (Wildman–Crippen LogP) is 3.41. The molecule has 0 radical (unpaired) electrons. The smallest absolute Gasteiger partial charge is 0.0797 e. The Hall–Kier alpha value is -0.710. The van der Waals surface area contributed by atoms with E-state index in [0.29, 0.717) is 6.04 Å². The van der Waals surface area contributed by atoms with Gasteiger partial charge in [0.15, 0.2) is 0 Å². The molecule has 1 unspecified atom stereocenters. The van der Waals surface area contributed by atoms with E-state index in [1.807, 2.05) is 16.8 Å². The Morgan fingerprint density at radius 3 is 2.94 bits per heavy atom. The average molecular weight is 252 g/mol. The number of thiophene rings is 1. The van der Waals surface area contributed by atoms with Crippen LogP contribution in [0.2, 0.25) is 0 Å². The Kier molecular flexibility index (Phi) is 4.09. The van der Waals surface area contributed by atoms with E-state index in [1.54, 1.807) is 11.3 Å². The topological polar surface area (TPSA) is 24.9 Å². The van der Waals surface area contributed by atoms with Gasteiger partial charge in [-0.3, -0.25) is 0 Å². The third-order valence-electron chi connectivity index (χ3n) is 2.62. The maximum absolute atomic E-state index is 4.26. The van der Waals surface area contributed by atoms with Crippen molar-refractivity contribution in [3.63, 3.8) is 0 Å². The van der Waals surface area contributed by atoms with Crippen molar-refractivity contribution in [2.75, 3.05) is 6.54 Å². The molecule has 0 aliphatic heterocycles. The van der Waals surface area contributed by atoms with E-state index in [1.165, 1.54) is 15.4 Å². The zero-order chi connectivity index (χ0) is 11.4. The van der Waals surface area contributed by atoms with Crippen molar-refractivity contribution < 1.29 is 0 Å². The van der Waals surface area contributed by atoms with Gasteiger partial charge in [-0.05, 0) is 31.7 Å². The molecule has 0 aliphatic carbocycles. The summed E-state index contributed by atoms with van der Waals surface area (Å²) >= 11 is 3.56. The van der Waals surface area contributed by atoms with Crippen LogP contribution in [0.1, 0.15) is 28.4 Å². The molecule has 0 spiro atoms. The van der Waals surface area contributed by atoms with Crippen LogP contribution >= 0.6 is 22.7 Å². The minimum Gasteiger partial charge on any atom is -0.309 e. The summed E-state index contributed by atoms with van der Waals surface area (Å²) in [5.74, 6) is 0. The fourth-order valence-electron chi connectivity index (χ4n) is 1.61. The summed E-state index contributed by atoms with van der Waals surface area (Å²) in [6.45, 7) is 5.31. The second kappa shape index (κ2) is 5.57. The molecule has 16 heavy (non-hydrogen) atoms. The van der Waals surface area contributed by atoms with Gasteiger partial charge in [-0.15, -0.1) is 22.7 Å². The summed E-state index contributed by atoms with van der Waals surface area (Å²) in [7, 11) is 0. The molecule has 0 amide bonds. The number of hydrogen-bond acceptors (Lipinski definition) is 4. The summed E-state index contributed by atoms with van der Waals surface area (Å²) in [4.78, 5) is 7.06. The van der Waals surface area contributed by atoms with Gasteiger partial charge in [-0.2, -0.15) is 0 Å². The van der Waals surface area contributed by atoms with E-state index in [-0.39, 0.29) is 0 Å². The molecule has 2 aromatic rings. The average Bonchev–Trinajstić information content (AvgIpc) is 2.90. The lowest BCUT2D eigenvalue weighted by molar-refractivity contribution is 0.586. The summed E-state index contributed by atoms with van der Waals surface area (Å²) in [6, 6.07) is 4.74. The number of rotatable bonds is 5. The van der Waals surface area contributed by atoms with Gasteiger partial charge in [-0.25, -0.2) is 4.98 Å². The van der Waals surface area contributed by atoms with Crippen molar-refractivity contribution in [1.82, 2.24) is 10.3 Å². The van der Waals surface area contributed by atoms with E-state index in [4.69, 9.17) is 0 Å². The highest BCUT2D eigenvalue weighted by molar-refractivity contribution is 7.10. The molecule has 2 nitrogen and oxygen atoms in total. The summed E-state index contributed by atoms with van der Waals surface area (Å²) in [5.41, 5.74) is 3.10. The minimum absolute atomic E-state index is 0.452. The lowest BCUT2D eigenvalue weighted by Crippen LogP contribution is -2.20. The predicted molar refractivity (Wildman–Crippen MR) is 71.3 cm³/mol. The molecule has 0 fully saturated rings. The third-order valence-corrected chi connectivity index (χ3v) is 4.67. The first-order chi connectivity index (χ1) is 7.77. The molecule has 0 bridgehead atoms. The van der Waals surface area contributed by atoms with E-state index in [9.17, 15) is 0 Å². The summed E-state index contributed by atoms with van der Waals surface area (Å²) in [6.07, 6.45) is 1.08. The number of nitrogens with one attached hydrogen (secondary N) is 1. The number of aromatic nitrogens is 1. The van der Waals surface area contributed by atoms with Crippen molar-refractivity contribution in [1.29, 1.82) is 0 Å². The standard InChI is InChI=1S/C12H16N2S2/c1-9(11-4-3-7-15-11)13-6-5-12-10(2)14-8-16-12/h3-4,7-9,13H,5-6H2,1-2H3. The van der Waals surface area contributed by atoms with Crippen LogP contribution in [0, 0.1) is 6.92 Å². The molecule has 2 rings (SSSR count). The first kappa shape index (κ1) is 11.8. The van der Waals surface area contributed by atoms with E-state index < -0.39 is 0 Å². The SMILES string of the molecule is Cc1ncsc1CCNC(C)c1cccs1. The van der Waals surface area contributed by atoms with Crippen LogP contribution < -0.4 is 5.32 Å². The molecule has 1 atom stereocenters. The minimum atomic E-state index is 0.452. The van der Waals surface area contributed by atoms with Gasteiger partial charge < -0.3 is 5.32 Å². The van der Waals surface area contributed by atoms with E-state index in [2.05, 4.69) is 41.7 Å². The van der Waals surface area contributed by atoms with Crippen LogP contribution in [-0.4, -0.2) is 11.5 Å². The number of nitrogens with zero attached hydrogens (tertiary/aromatic N) is 1. The van der Waals surface area contributed by atoms with Gasteiger partial charge in [-0.1, -0.05) is 6.07 Å². The first-order valence-corrected chi connectivity index (χ1v) is 7.19. The van der Waals surface area contributed by atoms with Gasteiger partial charge in [0.1, 0.15) is 0 Å². The van der Waals surface area contributed by atoms with Crippen molar-refractivity contribution in [3.05, 3.63) is 38.5 Å². The van der Waals surface area contributed by atoms with Gasteiger partial charge in [0.2, 0.25) is 0 Å². The Bertz CT molecular complexity index is 420. The van der Waals surface area contributed by atoms with Crippen LogP contribution in [-0.2, 0) is 6.42 Å². The normalized spacial score (nSPS) is 12.9. The summed E-state index contributed by atoms with van der Waals surface area (Å²) in [5, 5.41) is 5.67. The van der Waals surface area contributed by atoms with Crippen LogP contribution in [0.15, 0.2) is 23.0 Å². The Morgan fingerprint density at radius 1 is 1.44 bits per heavy atom. The van der Waals surface area contributed by atoms with Crippen molar-refractivity contribution in [2.24, 2.45) is 0 Å². The van der Waals surface area contributed by atoms with Crippen molar-refractivity contribution in [2.45, 2.75) is 26.3 Å². The number of thiazole rings is 1. The fraction of sp³-hybridized carbons (Fsp3) is 0.417. The molecule has 0 aliphatic rings. The Balaban J connectivity index is 1.78. The van der Waals surface area contributed by atoms with E-state index in [0.717, 1.165) is 13.0 Å². The molecular formula is C12H16N2S2. The Morgan fingerprint density at radius 2 is 2.31 bits per heavy atom. The number of aryl methyl sites for hydroxylation is 1.